The van der Waals surface area contributed by atoms with Crippen LogP contribution in [-0.2, 0) is 18.7 Å². The van der Waals surface area contributed by atoms with Gasteiger partial charge in [0.1, 0.15) is 5.82 Å². The lowest BCUT2D eigenvalue weighted by Gasteiger charge is -2.18. The molecule has 1 N–H and O–H groups in total. The number of aromatic nitrogens is 2. The fourth-order valence-electron chi connectivity index (χ4n) is 2.46. The first-order chi connectivity index (χ1) is 9.72. The molecule has 2 aromatic rings. The summed E-state index contributed by atoms with van der Waals surface area (Å²) in [6.07, 6.45) is 1.05. The molecule has 1 aliphatic heterocycles. The van der Waals surface area contributed by atoms with Crippen LogP contribution in [0.25, 0.3) is 0 Å². The van der Waals surface area contributed by atoms with E-state index < -0.39 is 0 Å². The van der Waals surface area contributed by atoms with Crippen molar-refractivity contribution in [3.05, 3.63) is 52.6 Å². The Balaban J connectivity index is 1.74. The Morgan fingerprint density at radius 1 is 1.15 bits per heavy atom. The van der Waals surface area contributed by atoms with Gasteiger partial charge in [-0.15, -0.1) is 11.8 Å². The summed E-state index contributed by atoms with van der Waals surface area (Å²) in [5.41, 5.74) is 4.97. The van der Waals surface area contributed by atoms with Gasteiger partial charge in [0.2, 0.25) is 0 Å². The van der Waals surface area contributed by atoms with Crippen LogP contribution in [0.4, 0.5) is 0 Å². The summed E-state index contributed by atoms with van der Waals surface area (Å²) in [5.74, 6) is 1.77. The summed E-state index contributed by atoms with van der Waals surface area (Å²) in [6, 6.07) is 8.61. The van der Waals surface area contributed by atoms with Gasteiger partial charge in [-0.3, -0.25) is 0 Å². The molecule has 0 radical (unpaired) electrons. The lowest BCUT2D eigenvalue weighted by molar-refractivity contribution is 0.614. The largest absolute Gasteiger partial charge is 0.311 e. The van der Waals surface area contributed by atoms with Gasteiger partial charge in [0.15, 0.2) is 0 Å². The first-order valence-corrected chi connectivity index (χ1v) is 7.96. The van der Waals surface area contributed by atoms with Crippen LogP contribution < -0.4 is 5.32 Å². The number of nitrogens with zero attached hydrogens (tertiary/aromatic N) is 2. The predicted octanol–water partition coefficient (Wildman–Crippen LogP) is 3.03. The van der Waals surface area contributed by atoms with E-state index in [0.29, 0.717) is 0 Å². The molecule has 104 valence electrons. The highest BCUT2D eigenvalue weighted by Crippen LogP contribution is 2.23. The van der Waals surface area contributed by atoms with Gasteiger partial charge in [-0.25, -0.2) is 9.97 Å². The lowest BCUT2D eigenvalue weighted by Crippen LogP contribution is -2.26. The van der Waals surface area contributed by atoms with E-state index in [0.717, 1.165) is 36.8 Å². The molecule has 0 saturated carbocycles. The van der Waals surface area contributed by atoms with Gasteiger partial charge in [-0.05, 0) is 44.5 Å². The maximum atomic E-state index is 4.71. The van der Waals surface area contributed by atoms with E-state index in [1.165, 1.54) is 21.7 Å². The van der Waals surface area contributed by atoms with Crippen molar-refractivity contribution in [1.82, 2.24) is 15.3 Å². The number of thioether (sulfide) groups is 1. The van der Waals surface area contributed by atoms with Crippen LogP contribution in [-0.4, -0.2) is 16.5 Å². The van der Waals surface area contributed by atoms with E-state index in [4.69, 9.17) is 4.98 Å². The summed E-state index contributed by atoms with van der Waals surface area (Å²) in [5, 5.41) is 3.38. The van der Waals surface area contributed by atoms with Crippen LogP contribution in [0.2, 0.25) is 0 Å². The van der Waals surface area contributed by atoms with E-state index in [1.807, 2.05) is 0 Å². The number of benzene rings is 1. The molecule has 1 aromatic heterocycles. The molecule has 0 bridgehead atoms. The molecule has 3 rings (SSSR count). The second-order valence-electron chi connectivity index (χ2n) is 5.18. The first-order valence-electron chi connectivity index (χ1n) is 6.98. The molecule has 0 spiro atoms. The number of fused-ring (bicyclic) bond motifs is 1. The van der Waals surface area contributed by atoms with E-state index in [2.05, 4.69) is 48.4 Å². The maximum Gasteiger partial charge on any atom is 0.139 e. The third-order valence-electron chi connectivity index (χ3n) is 3.58. The molecule has 0 saturated heterocycles. The van der Waals surface area contributed by atoms with Crippen LogP contribution in [0, 0.1) is 13.8 Å². The molecule has 1 aromatic carbocycles. The van der Waals surface area contributed by atoms with E-state index in [-0.39, 0.29) is 0 Å². The standard InChI is InChI=1S/C16H19N3S/c1-11-3-5-13(6-4-11)20-10-16-18-12(2)14-7-8-17-9-15(14)19-16/h3-6,17H,7-10H2,1-2H3. The summed E-state index contributed by atoms with van der Waals surface area (Å²) in [7, 11) is 0. The van der Waals surface area contributed by atoms with Gasteiger partial charge in [0, 0.05) is 17.1 Å². The second-order valence-corrected chi connectivity index (χ2v) is 6.23. The summed E-state index contributed by atoms with van der Waals surface area (Å²) in [6.45, 7) is 6.12. The van der Waals surface area contributed by atoms with Gasteiger partial charge >= 0.3 is 0 Å². The van der Waals surface area contributed by atoms with Crippen LogP contribution >= 0.6 is 11.8 Å². The number of aryl methyl sites for hydroxylation is 2. The van der Waals surface area contributed by atoms with Gasteiger partial charge in [-0.2, -0.15) is 0 Å². The minimum atomic E-state index is 0.831. The molecule has 0 atom stereocenters. The molecule has 4 heteroatoms. The zero-order valence-electron chi connectivity index (χ0n) is 11.9. The molecule has 3 nitrogen and oxygen atoms in total. The molecular formula is C16H19N3S. The highest BCUT2D eigenvalue weighted by molar-refractivity contribution is 7.98. The summed E-state index contributed by atoms with van der Waals surface area (Å²) < 4.78 is 0. The first kappa shape index (κ1) is 13.6. The zero-order chi connectivity index (χ0) is 13.9. The van der Waals surface area contributed by atoms with Crippen LogP contribution in [0.3, 0.4) is 0 Å². The molecule has 0 aliphatic carbocycles. The van der Waals surface area contributed by atoms with Crippen LogP contribution in [0.5, 0.6) is 0 Å². The topological polar surface area (TPSA) is 37.8 Å². The molecule has 0 unspecified atom stereocenters. The Morgan fingerprint density at radius 3 is 2.75 bits per heavy atom. The third-order valence-corrected chi connectivity index (χ3v) is 4.59. The van der Waals surface area contributed by atoms with E-state index in [1.54, 1.807) is 11.8 Å². The van der Waals surface area contributed by atoms with E-state index in [9.17, 15) is 0 Å². The SMILES string of the molecule is Cc1ccc(SCc2nc(C)c3c(n2)CNCC3)cc1. The van der Waals surface area contributed by atoms with Crippen molar-refractivity contribution in [3.8, 4) is 0 Å². The summed E-state index contributed by atoms with van der Waals surface area (Å²) in [4.78, 5) is 10.6. The minimum Gasteiger partial charge on any atom is -0.311 e. The fraction of sp³-hybridized carbons (Fsp3) is 0.375. The van der Waals surface area contributed by atoms with Crippen molar-refractivity contribution < 1.29 is 0 Å². The smallest absolute Gasteiger partial charge is 0.139 e. The number of rotatable bonds is 3. The molecule has 20 heavy (non-hydrogen) atoms. The molecule has 1 aliphatic rings. The quantitative estimate of drug-likeness (QED) is 0.880. The van der Waals surface area contributed by atoms with Crippen molar-refractivity contribution in [2.24, 2.45) is 0 Å². The number of hydrogen-bond donors (Lipinski definition) is 1. The van der Waals surface area contributed by atoms with Gasteiger partial charge < -0.3 is 5.32 Å². The lowest BCUT2D eigenvalue weighted by atomic mass is 10.1. The van der Waals surface area contributed by atoms with Crippen LogP contribution in [0.1, 0.15) is 28.3 Å². The number of hydrogen-bond acceptors (Lipinski definition) is 4. The van der Waals surface area contributed by atoms with E-state index >= 15 is 0 Å². The molecule has 2 heterocycles. The Labute approximate surface area is 124 Å². The van der Waals surface area contributed by atoms with Crippen molar-refractivity contribution in [2.45, 2.75) is 37.5 Å². The monoisotopic (exact) mass is 285 g/mol. The van der Waals surface area contributed by atoms with Crippen LogP contribution in [0.15, 0.2) is 29.2 Å². The minimum absolute atomic E-state index is 0.831. The average molecular weight is 285 g/mol. The van der Waals surface area contributed by atoms with Crippen molar-refractivity contribution >= 4 is 11.8 Å². The predicted molar refractivity (Wildman–Crippen MR) is 82.9 cm³/mol. The second kappa shape index (κ2) is 5.94. The third kappa shape index (κ3) is 3.02. The Kier molecular flexibility index (Phi) is 4.03. The Hall–Kier alpha value is -1.39. The average Bonchev–Trinajstić information content (AvgIpc) is 2.47. The summed E-state index contributed by atoms with van der Waals surface area (Å²) >= 11 is 1.80. The van der Waals surface area contributed by atoms with Crippen molar-refractivity contribution in [3.63, 3.8) is 0 Å². The molecule has 0 amide bonds. The maximum absolute atomic E-state index is 4.71. The highest BCUT2D eigenvalue weighted by Gasteiger charge is 2.14. The van der Waals surface area contributed by atoms with Gasteiger partial charge in [0.25, 0.3) is 0 Å². The fourth-order valence-corrected chi connectivity index (χ4v) is 3.21. The van der Waals surface area contributed by atoms with Crippen molar-refractivity contribution in [2.75, 3.05) is 6.54 Å². The van der Waals surface area contributed by atoms with Gasteiger partial charge in [0.05, 0.1) is 11.4 Å². The Bertz CT molecular complexity index is 608. The zero-order valence-corrected chi connectivity index (χ0v) is 12.8. The highest BCUT2D eigenvalue weighted by atomic mass is 32.2. The molecular weight excluding hydrogens is 266 g/mol. The van der Waals surface area contributed by atoms with Crippen molar-refractivity contribution in [1.29, 1.82) is 0 Å². The molecule has 0 fully saturated rings. The van der Waals surface area contributed by atoms with Gasteiger partial charge in [-0.1, -0.05) is 17.7 Å². The normalized spacial score (nSPS) is 14.1. The number of nitrogens with one attached hydrogen (secondary N) is 1. The Morgan fingerprint density at radius 2 is 1.95 bits per heavy atom.